The molecular weight excluding hydrogens is 402 g/mol. The number of carbonyl (C=O) groups is 2. The van der Waals surface area contributed by atoms with Crippen LogP contribution in [-0.2, 0) is 11.2 Å². The van der Waals surface area contributed by atoms with Gasteiger partial charge in [0.05, 0.1) is 0 Å². The van der Waals surface area contributed by atoms with Crippen LogP contribution in [0.1, 0.15) is 23.1 Å². The molecule has 2 saturated heterocycles. The standard InChI is InChI=1S/C25H29N5O2/c1-17-9-7-13-20(18(17)2)28-15-16-29-21-22(26-24(28)29)27(3)25(32)30(23(21)31)14-8-12-19-10-5-4-6-11-19/h4-7,9-11,13,21-22H,8,12,14-16H2,1-3H3. The number of likely N-dealkylation sites (N-methyl/N-ethyl adjacent to an activating group) is 1. The van der Waals surface area contributed by atoms with Crippen molar-refractivity contribution in [1.82, 2.24) is 14.7 Å². The highest BCUT2D eigenvalue weighted by atomic mass is 16.2. The predicted molar refractivity (Wildman–Crippen MR) is 125 cm³/mol. The predicted octanol–water partition coefficient (Wildman–Crippen LogP) is 3.02. The van der Waals surface area contributed by atoms with Gasteiger partial charge in [0.1, 0.15) is 0 Å². The molecule has 0 aliphatic carbocycles. The van der Waals surface area contributed by atoms with Crippen LogP contribution in [-0.4, -0.2) is 71.5 Å². The molecule has 3 amide bonds. The highest BCUT2D eigenvalue weighted by Crippen LogP contribution is 2.35. The van der Waals surface area contributed by atoms with Gasteiger partial charge in [-0.25, -0.2) is 9.79 Å². The lowest BCUT2D eigenvalue weighted by Crippen LogP contribution is -2.64. The second-order valence-electron chi connectivity index (χ2n) is 8.82. The minimum absolute atomic E-state index is 0.132. The number of nitrogens with zero attached hydrogens (tertiary/aromatic N) is 5. The van der Waals surface area contributed by atoms with Crippen LogP contribution >= 0.6 is 0 Å². The first-order valence-electron chi connectivity index (χ1n) is 11.3. The van der Waals surface area contributed by atoms with Gasteiger partial charge < -0.3 is 14.7 Å². The Kier molecular flexibility index (Phi) is 5.12. The lowest BCUT2D eigenvalue weighted by Gasteiger charge is -2.40. The number of rotatable bonds is 5. The Morgan fingerprint density at radius 1 is 1.00 bits per heavy atom. The summed E-state index contributed by atoms with van der Waals surface area (Å²) < 4.78 is 0. The van der Waals surface area contributed by atoms with E-state index >= 15 is 0 Å². The van der Waals surface area contributed by atoms with Gasteiger partial charge in [-0.2, -0.15) is 0 Å². The largest absolute Gasteiger partial charge is 0.328 e. The molecule has 3 heterocycles. The van der Waals surface area contributed by atoms with Crippen molar-refractivity contribution in [3.63, 3.8) is 0 Å². The lowest BCUT2D eigenvalue weighted by molar-refractivity contribution is -0.137. The average molecular weight is 432 g/mol. The molecule has 0 bridgehead atoms. The molecule has 2 aromatic rings. The molecule has 2 atom stereocenters. The fourth-order valence-electron chi connectivity index (χ4n) is 4.98. The minimum atomic E-state index is -0.469. The van der Waals surface area contributed by atoms with E-state index in [-0.39, 0.29) is 11.9 Å². The summed E-state index contributed by atoms with van der Waals surface area (Å²) in [4.78, 5) is 38.7. The molecule has 3 aliphatic rings. The third-order valence-electron chi connectivity index (χ3n) is 6.93. The first-order chi connectivity index (χ1) is 15.5. The molecule has 0 spiro atoms. The molecule has 3 aliphatic heterocycles. The minimum Gasteiger partial charge on any atom is -0.325 e. The average Bonchev–Trinajstić information content (AvgIpc) is 3.37. The maximum absolute atomic E-state index is 13.5. The molecule has 2 unspecified atom stereocenters. The number of guanidine groups is 1. The molecule has 7 heteroatoms. The Morgan fingerprint density at radius 2 is 1.78 bits per heavy atom. The Hall–Kier alpha value is -3.35. The van der Waals surface area contributed by atoms with Gasteiger partial charge in [-0.3, -0.25) is 9.69 Å². The van der Waals surface area contributed by atoms with Gasteiger partial charge in [-0.1, -0.05) is 42.5 Å². The second kappa shape index (κ2) is 7.97. The molecule has 2 fully saturated rings. The van der Waals surface area contributed by atoms with Gasteiger partial charge in [0, 0.05) is 32.4 Å². The molecule has 2 aromatic carbocycles. The quantitative estimate of drug-likeness (QED) is 0.730. The maximum Gasteiger partial charge on any atom is 0.328 e. The summed E-state index contributed by atoms with van der Waals surface area (Å²) in [5.74, 6) is 0.667. The number of carbonyl (C=O) groups excluding carboxylic acids is 2. The Balaban J connectivity index is 1.35. The van der Waals surface area contributed by atoms with E-state index in [1.54, 1.807) is 11.9 Å². The number of hydrogen-bond donors (Lipinski definition) is 0. The second-order valence-corrected chi connectivity index (χ2v) is 8.82. The van der Waals surface area contributed by atoms with E-state index in [1.165, 1.54) is 21.6 Å². The summed E-state index contributed by atoms with van der Waals surface area (Å²) in [6.07, 6.45) is 1.11. The van der Waals surface area contributed by atoms with Crippen molar-refractivity contribution in [3.05, 3.63) is 65.2 Å². The van der Waals surface area contributed by atoms with E-state index in [2.05, 4.69) is 54.0 Å². The van der Waals surface area contributed by atoms with Crippen LogP contribution in [0.2, 0.25) is 0 Å². The van der Waals surface area contributed by atoms with Gasteiger partial charge in [0.25, 0.3) is 5.91 Å². The summed E-state index contributed by atoms with van der Waals surface area (Å²) in [5, 5.41) is 0. The summed E-state index contributed by atoms with van der Waals surface area (Å²) in [7, 11) is 1.76. The van der Waals surface area contributed by atoms with Crippen molar-refractivity contribution in [3.8, 4) is 0 Å². The fraction of sp³-hybridized carbons (Fsp3) is 0.400. The first kappa shape index (κ1) is 20.5. The van der Waals surface area contributed by atoms with Gasteiger partial charge in [-0.05, 0) is 49.4 Å². The Bertz CT molecular complexity index is 1080. The maximum atomic E-state index is 13.5. The summed E-state index contributed by atoms with van der Waals surface area (Å²) in [6, 6.07) is 15.7. The van der Waals surface area contributed by atoms with Crippen LogP contribution < -0.4 is 4.90 Å². The third kappa shape index (κ3) is 3.23. The van der Waals surface area contributed by atoms with E-state index in [9.17, 15) is 9.59 Å². The van der Waals surface area contributed by atoms with Crippen LogP contribution in [0.25, 0.3) is 0 Å². The van der Waals surface area contributed by atoms with Crippen molar-refractivity contribution in [2.24, 2.45) is 4.99 Å². The van der Waals surface area contributed by atoms with Gasteiger partial charge in [0.15, 0.2) is 12.2 Å². The van der Waals surface area contributed by atoms with Crippen molar-refractivity contribution in [2.75, 3.05) is 31.6 Å². The molecule has 0 aromatic heterocycles. The molecular formula is C25H29N5O2. The number of aryl methyl sites for hydroxylation is 2. The monoisotopic (exact) mass is 431 g/mol. The fourth-order valence-corrected chi connectivity index (χ4v) is 4.98. The van der Waals surface area contributed by atoms with Gasteiger partial charge >= 0.3 is 6.03 Å². The molecule has 0 N–H and O–H groups in total. The zero-order chi connectivity index (χ0) is 22.4. The Labute approximate surface area is 188 Å². The summed E-state index contributed by atoms with van der Waals surface area (Å²) in [6.45, 7) is 6.14. The van der Waals surface area contributed by atoms with E-state index in [4.69, 9.17) is 4.99 Å². The summed E-state index contributed by atoms with van der Waals surface area (Å²) in [5.41, 5.74) is 4.77. The number of aliphatic imine (C=N–C) groups is 1. The number of urea groups is 1. The van der Waals surface area contributed by atoms with E-state index in [1.807, 2.05) is 18.2 Å². The molecule has 166 valence electrons. The molecule has 0 radical (unpaired) electrons. The van der Waals surface area contributed by atoms with Crippen LogP contribution in [0.5, 0.6) is 0 Å². The topological polar surface area (TPSA) is 59.5 Å². The lowest BCUT2D eigenvalue weighted by atomic mass is 10.1. The normalized spacial score (nSPS) is 22.4. The number of benzene rings is 2. The number of amides is 3. The Morgan fingerprint density at radius 3 is 2.56 bits per heavy atom. The van der Waals surface area contributed by atoms with Crippen LogP contribution in [0.3, 0.4) is 0 Å². The number of imide groups is 1. The zero-order valence-electron chi connectivity index (χ0n) is 18.9. The molecule has 7 nitrogen and oxygen atoms in total. The van der Waals surface area contributed by atoms with E-state index < -0.39 is 12.2 Å². The third-order valence-corrected chi connectivity index (χ3v) is 6.93. The molecule has 0 saturated carbocycles. The van der Waals surface area contributed by atoms with Crippen LogP contribution in [0.4, 0.5) is 10.5 Å². The number of hydrogen-bond acceptors (Lipinski definition) is 5. The van der Waals surface area contributed by atoms with Crippen molar-refractivity contribution in [1.29, 1.82) is 0 Å². The van der Waals surface area contributed by atoms with Crippen molar-refractivity contribution in [2.45, 2.75) is 38.9 Å². The van der Waals surface area contributed by atoms with Gasteiger partial charge in [0.2, 0.25) is 5.96 Å². The van der Waals surface area contributed by atoms with Crippen molar-refractivity contribution >= 4 is 23.6 Å². The smallest absolute Gasteiger partial charge is 0.325 e. The van der Waals surface area contributed by atoms with Crippen molar-refractivity contribution < 1.29 is 9.59 Å². The molecule has 5 rings (SSSR count). The summed E-state index contributed by atoms with van der Waals surface area (Å²) >= 11 is 0. The highest BCUT2D eigenvalue weighted by Gasteiger charge is 2.54. The number of fused-ring (bicyclic) bond motifs is 3. The van der Waals surface area contributed by atoms with Gasteiger partial charge in [-0.15, -0.1) is 0 Å². The van der Waals surface area contributed by atoms with Crippen LogP contribution in [0.15, 0.2) is 53.5 Å². The van der Waals surface area contributed by atoms with E-state index in [0.29, 0.717) is 6.54 Å². The van der Waals surface area contributed by atoms with Crippen LogP contribution in [0, 0.1) is 13.8 Å². The first-order valence-corrected chi connectivity index (χ1v) is 11.3. The number of anilines is 1. The zero-order valence-corrected chi connectivity index (χ0v) is 18.9. The highest BCUT2D eigenvalue weighted by molar-refractivity contribution is 6.08. The van der Waals surface area contributed by atoms with E-state index in [0.717, 1.165) is 37.6 Å². The SMILES string of the molecule is Cc1cccc(N2CCN3C2=NC2C3C(=O)N(CCCc3ccccc3)C(=O)N2C)c1C. The molecule has 32 heavy (non-hydrogen) atoms.